The third-order valence-electron chi connectivity index (χ3n) is 1.67. The number of hydrogen-bond acceptors (Lipinski definition) is 0. The van der Waals surface area contributed by atoms with Crippen molar-refractivity contribution < 1.29 is 24.8 Å². The maximum absolute atomic E-state index is 2.85. The second kappa shape index (κ2) is 7.95. The van der Waals surface area contributed by atoms with Gasteiger partial charge in [0.05, 0.1) is 0 Å². The van der Waals surface area contributed by atoms with Crippen LogP contribution in [-0.4, -0.2) is 16.3 Å². The number of rotatable bonds is 2. The molecule has 0 nitrogen and oxygen atoms in total. The van der Waals surface area contributed by atoms with E-state index < -0.39 is 0 Å². The van der Waals surface area contributed by atoms with E-state index in [1.807, 2.05) is 0 Å². The van der Waals surface area contributed by atoms with Gasteiger partial charge in [-0.15, -0.1) is 0 Å². The van der Waals surface area contributed by atoms with Crippen LogP contribution < -0.4 is 24.8 Å². The molecule has 1 atom stereocenters. The molecule has 64 valence electrons. The number of benzene rings is 1. The maximum atomic E-state index is 2.85. The molecule has 0 saturated carbocycles. The molecule has 12 heavy (non-hydrogen) atoms. The third kappa shape index (κ3) is 4.38. The molecule has 0 aliphatic heterocycles. The first-order chi connectivity index (χ1) is 4.84. The van der Waals surface area contributed by atoms with Gasteiger partial charge in [0.15, 0.2) is 0 Å². The molecule has 0 spiro atoms. The normalized spacial score (nSPS) is 10.9. The Hall–Kier alpha value is 0.332. The largest absolute Gasteiger partial charge is 1.00 e. The van der Waals surface area contributed by atoms with Crippen LogP contribution in [0, 0.1) is 0 Å². The summed E-state index contributed by atoms with van der Waals surface area (Å²) in [5.74, 6) is 0. The summed E-state index contributed by atoms with van der Waals surface area (Å²) in [6.07, 6.45) is 1.19. The minimum atomic E-state index is 0. The Bertz CT molecular complexity index is 189. The van der Waals surface area contributed by atoms with Crippen molar-refractivity contribution in [3.05, 3.63) is 35.9 Å². The van der Waals surface area contributed by atoms with Crippen LogP contribution in [0.3, 0.4) is 0 Å². The molecule has 0 aromatic heterocycles. The SMILES string of the molecule is CC[CH]([Al+2])c1ccccc1.[Cl-].[Cl-]. The van der Waals surface area contributed by atoms with Crippen molar-refractivity contribution in [3.8, 4) is 0 Å². The van der Waals surface area contributed by atoms with Gasteiger partial charge in [-0.05, 0) is 0 Å². The van der Waals surface area contributed by atoms with Crippen molar-refractivity contribution >= 4 is 16.3 Å². The van der Waals surface area contributed by atoms with Gasteiger partial charge in [0.25, 0.3) is 0 Å². The molecule has 0 heterocycles. The summed E-state index contributed by atoms with van der Waals surface area (Å²) in [4.78, 5) is 0. The Morgan fingerprint density at radius 2 is 1.67 bits per heavy atom. The first-order valence-corrected chi connectivity index (χ1v) is 4.31. The van der Waals surface area contributed by atoms with Gasteiger partial charge in [0.2, 0.25) is 0 Å². The summed E-state index contributed by atoms with van der Waals surface area (Å²) < 4.78 is 0.626. The van der Waals surface area contributed by atoms with E-state index in [0.717, 1.165) is 0 Å². The molecule has 0 amide bonds. The second-order valence-electron chi connectivity index (χ2n) is 2.43. The first-order valence-electron chi connectivity index (χ1n) is 3.65. The molecule has 0 aliphatic rings. The van der Waals surface area contributed by atoms with Crippen LogP contribution >= 0.6 is 0 Å². The van der Waals surface area contributed by atoms with E-state index in [1.165, 1.54) is 12.0 Å². The van der Waals surface area contributed by atoms with E-state index in [2.05, 4.69) is 53.5 Å². The summed E-state index contributed by atoms with van der Waals surface area (Å²) in [5.41, 5.74) is 1.41. The number of halogens is 2. The molecule has 1 rings (SSSR count). The van der Waals surface area contributed by atoms with E-state index in [4.69, 9.17) is 0 Å². The zero-order chi connectivity index (χ0) is 7.40. The van der Waals surface area contributed by atoms with E-state index in [-0.39, 0.29) is 24.8 Å². The van der Waals surface area contributed by atoms with Gasteiger partial charge < -0.3 is 24.8 Å². The smallest absolute Gasteiger partial charge is 1.00 e. The minimum Gasteiger partial charge on any atom is -1.00 e. The van der Waals surface area contributed by atoms with E-state index in [0.29, 0.717) is 4.78 Å². The van der Waals surface area contributed by atoms with Gasteiger partial charge >= 0.3 is 70.3 Å². The molecular weight excluding hydrogens is 206 g/mol. The zero-order valence-corrected chi connectivity index (χ0v) is 9.67. The molecule has 1 aromatic rings. The minimum absolute atomic E-state index is 0. The molecule has 0 radical (unpaired) electrons. The van der Waals surface area contributed by atoms with Crippen molar-refractivity contribution in [2.24, 2.45) is 0 Å². The average molecular weight is 217 g/mol. The van der Waals surface area contributed by atoms with Crippen molar-refractivity contribution in [2.45, 2.75) is 18.1 Å². The zero-order valence-electron chi connectivity index (χ0n) is 7.00. The molecule has 1 aromatic carbocycles. The van der Waals surface area contributed by atoms with Crippen LogP contribution in [0.1, 0.15) is 23.7 Å². The molecule has 0 bridgehead atoms. The second-order valence-corrected chi connectivity index (χ2v) is 3.23. The van der Waals surface area contributed by atoms with Crippen molar-refractivity contribution in [2.75, 3.05) is 0 Å². The van der Waals surface area contributed by atoms with Crippen LogP contribution in [0.25, 0.3) is 0 Å². The van der Waals surface area contributed by atoms with Crippen LogP contribution in [0.5, 0.6) is 0 Å². The van der Waals surface area contributed by atoms with Gasteiger partial charge in [0, 0.05) is 0 Å². The first kappa shape index (κ1) is 14.8. The summed E-state index contributed by atoms with van der Waals surface area (Å²) in [6.45, 7) is 2.20. The van der Waals surface area contributed by atoms with Crippen molar-refractivity contribution in [1.29, 1.82) is 0 Å². The number of hydrogen-bond donors (Lipinski definition) is 0. The quantitative estimate of drug-likeness (QED) is 0.447. The predicted molar refractivity (Wildman–Crippen MR) is 45.2 cm³/mol. The van der Waals surface area contributed by atoms with Crippen molar-refractivity contribution in [3.63, 3.8) is 0 Å². The predicted octanol–water partition coefficient (Wildman–Crippen LogP) is -3.69. The average Bonchev–Trinajstić information content (AvgIpc) is 2.05. The molecule has 0 aliphatic carbocycles. The van der Waals surface area contributed by atoms with E-state index in [1.54, 1.807) is 0 Å². The standard InChI is InChI=1S/C9H11.Al.2ClH/c1-2-6-9-7-4-3-5-8-9;;;/h3-8H,2H2,1H3;;2*1H/q;+2;;/p-2. The fourth-order valence-electron chi connectivity index (χ4n) is 0.936. The molecule has 0 fully saturated rings. The molecule has 3 heteroatoms. The van der Waals surface area contributed by atoms with E-state index >= 15 is 0 Å². The monoisotopic (exact) mass is 216 g/mol. The van der Waals surface area contributed by atoms with Gasteiger partial charge in [-0.1, -0.05) is 0 Å². The Labute approximate surface area is 95.0 Å². The molecule has 1 unspecified atom stereocenters. The van der Waals surface area contributed by atoms with Gasteiger partial charge in [-0.3, -0.25) is 0 Å². The van der Waals surface area contributed by atoms with Crippen LogP contribution in [0.4, 0.5) is 0 Å². The fourth-order valence-corrected chi connectivity index (χ4v) is 1.16. The molecule has 0 N–H and O–H groups in total. The Balaban J connectivity index is 0. The van der Waals surface area contributed by atoms with Crippen molar-refractivity contribution in [1.82, 2.24) is 0 Å². The molecular formula is C9H11AlCl2. The third-order valence-corrected chi connectivity index (χ3v) is 2.52. The summed E-state index contributed by atoms with van der Waals surface area (Å²) in [7, 11) is 0. The maximum Gasteiger partial charge on any atom is -1.00 e. The Morgan fingerprint density at radius 1 is 1.17 bits per heavy atom. The van der Waals surface area contributed by atoms with Crippen LogP contribution in [-0.2, 0) is 0 Å². The Kier molecular flexibility index (Phi) is 9.83. The fraction of sp³-hybridized carbons (Fsp3) is 0.333. The van der Waals surface area contributed by atoms with Gasteiger partial charge in [-0.25, -0.2) is 0 Å². The van der Waals surface area contributed by atoms with Gasteiger partial charge in [0.1, 0.15) is 0 Å². The van der Waals surface area contributed by atoms with Crippen LogP contribution in [0.15, 0.2) is 30.3 Å². The molecule has 0 saturated heterocycles. The Morgan fingerprint density at radius 3 is 2.08 bits per heavy atom. The van der Waals surface area contributed by atoms with E-state index in [9.17, 15) is 0 Å². The van der Waals surface area contributed by atoms with Crippen LogP contribution in [0.2, 0.25) is 0 Å². The van der Waals surface area contributed by atoms with Gasteiger partial charge in [-0.2, -0.15) is 0 Å². The topological polar surface area (TPSA) is 0 Å². The summed E-state index contributed by atoms with van der Waals surface area (Å²) in [5, 5.41) is 0. The summed E-state index contributed by atoms with van der Waals surface area (Å²) in [6, 6.07) is 10.6. The summed E-state index contributed by atoms with van der Waals surface area (Å²) >= 11 is 2.85.